The van der Waals surface area contributed by atoms with E-state index < -0.39 is 0 Å². The van der Waals surface area contributed by atoms with Gasteiger partial charge in [0.25, 0.3) is 0 Å². The van der Waals surface area contributed by atoms with Gasteiger partial charge in [-0.25, -0.2) is 4.98 Å². The van der Waals surface area contributed by atoms with Crippen LogP contribution in [0.4, 0.5) is 0 Å². The molecule has 1 unspecified atom stereocenters. The molecular weight excluding hydrogens is 416 g/mol. The zero-order valence-electron chi connectivity index (χ0n) is 19.8. The highest BCUT2D eigenvalue weighted by Crippen LogP contribution is 2.34. The van der Waals surface area contributed by atoms with Gasteiger partial charge in [0.15, 0.2) is 0 Å². The Morgan fingerprint density at radius 1 is 1.09 bits per heavy atom. The smallest absolute Gasteiger partial charge is 0.221 e. The van der Waals surface area contributed by atoms with Gasteiger partial charge in [-0.05, 0) is 68.2 Å². The van der Waals surface area contributed by atoms with Gasteiger partial charge >= 0.3 is 0 Å². The molecule has 4 rings (SSSR count). The van der Waals surface area contributed by atoms with Crippen LogP contribution >= 0.6 is 0 Å². The average Bonchev–Trinajstić information content (AvgIpc) is 3.25. The number of nitrogens with zero attached hydrogens (tertiary/aromatic N) is 3. The number of amides is 1. The Balaban J connectivity index is 1.58. The predicted molar refractivity (Wildman–Crippen MR) is 129 cm³/mol. The summed E-state index contributed by atoms with van der Waals surface area (Å²) in [6, 6.07) is 9.90. The van der Waals surface area contributed by atoms with Crippen LogP contribution in [0, 0.1) is 6.92 Å². The van der Waals surface area contributed by atoms with E-state index in [0.29, 0.717) is 24.5 Å². The molecule has 33 heavy (non-hydrogen) atoms. The van der Waals surface area contributed by atoms with E-state index in [1.165, 1.54) is 19.3 Å². The number of methoxy groups -OCH3 is 2. The number of hydrogen-bond donors (Lipinski definition) is 1. The van der Waals surface area contributed by atoms with Crippen molar-refractivity contribution >= 4 is 11.6 Å². The molecule has 1 saturated heterocycles. The molecule has 7 heteroatoms. The van der Waals surface area contributed by atoms with Crippen molar-refractivity contribution in [1.82, 2.24) is 19.6 Å². The molecule has 1 aliphatic heterocycles. The Morgan fingerprint density at radius 2 is 1.82 bits per heavy atom. The van der Waals surface area contributed by atoms with Crippen LogP contribution in [0.3, 0.4) is 0 Å². The largest absolute Gasteiger partial charge is 0.497 e. The van der Waals surface area contributed by atoms with Gasteiger partial charge in [0.2, 0.25) is 5.91 Å². The fourth-order valence-electron chi connectivity index (χ4n) is 4.58. The summed E-state index contributed by atoms with van der Waals surface area (Å²) in [5.41, 5.74) is 3.94. The second-order valence-corrected chi connectivity index (χ2v) is 8.77. The van der Waals surface area contributed by atoms with Crippen LogP contribution < -0.4 is 14.8 Å². The second kappa shape index (κ2) is 10.7. The number of imidazole rings is 1. The number of hydrogen-bond acceptors (Lipinski definition) is 5. The summed E-state index contributed by atoms with van der Waals surface area (Å²) in [7, 11) is 3.27. The zero-order valence-corrected chi connectivity index (χ0v) is 19.8. The Hall–Kier alpha value is -3.06. The number of carbonyl (C=O) groups excluding carboxylic acids is 1. The maximum Gasteiger partial charge on any atom is 0.221 e. The lowest BCUT2D eigenvalue weighted by atomic mass is 9.91. The third-order valence-corrected chi connectivity index (χ3v) is 6.42. The molecule has 1 fully saturated rings. The number of fused-ring (bicyclic) bond motifs is 1. The lowest BCUT2D eigenvalue weighted by Gasteiger charge is -2.26. The first-order valence-electron chi connectivity index (χ1n) is 11.7. The quantitative estimate of drug-likeness (QED) is 0.537. The molecule has 3 aromatic rings. The number of benzene rings is 1. The van der Waals surface area contributed by atoms with Crippen molar-refractivity contribution in [3.05, 3.63) is 59.5 Å². The molecular formula is C26H34N4O3. The first-order chi connectivity index (χ1) is 16.1. The third-order valence-electron chi connectivity index (χ3n) is 6.42. The first-order valence-corrected chi connectivity index (χ1v) is 11.7. The highest BCUT2D eigenvalue weighted by atomic mass is 16.5. The monoisotopic (exact) mass is 450 g/mol. The molecule has 3 heterocycles. The molecule has 2 aromatic heterocycles. The number of likely N-dealkylation sites (tertiary alicyclic amines) is 1. The fraction of sp³-hybridized carbons (Fsp3) is 0.462. The molecule has 1 amide bonds. The lowest BCUT2D eigenvalue weighted by Crippen LogP contribution is -2.38. The van der Waals surface area contributed by atoms with E-state index >= 15 is 0 Å². The van der Waals surface area contributed by atoms with Crippen LogP contribution in [-0.2, 0) is 4.79 Å². The summed E-state index contributed by atoms with van der Waals surface area (Å²) in [6.45, 7) is 5.87. The molecule has 7 nitrogen and oxygen atoms in total. The molecule has 1 aliphatic rings. The normalized spacial score (nSPS) is 15.4. The fourth-order valence-corrected chi connectivity index (χ4v) is 4.58. The van der Waals surface area contributed by atoms with Crippen molar-refractivity contribution in [3.63, 3.8) is 0 Å². The van der Waals surface area contributed by atoms with Gasteiger partial charge in [-0.2, -0.15) is 0 Å². The van der Waals surface area contributed by atoms with Crippen LogP contribution in [0.5, 0.6) is 11.5 Å². The predicted octanol–water partition coefficient (Wildman–Crippen LogP) is 3.78. The van der Waals surface area contributed by atoms with E-state index in [2.05, 4.69) is 32.6 Å². The molecule has 1 N–H and O–H groups in total. The summed E-state index contributed by atoms with van der Waals surface area (Å²) >= 11 is 0. The van der Waals surface area contributed by atoms with Crippen LogP contribution in [0.15, 0.2) is 42.7 Å². The molecule has 1 atom stereocenters. The molecule has 0 aliphatic carbocycles. The molecule has 176 valence electrons. The van der Waals surface area contributed by atoms with Crippen molar-refractivity contribution in [3.8, 4) is 11.5 Å². The summed E-state index contributed by atoms with van der Waals surface area (Å²) in [5.74, 6) is 1.23. The summed E-state index contributed by atoms with van der Waals surface area (Å²) in [6.07, 6.45) is 8.02. The van der Waals surface area contributed by atoms with E-state index in [9.17, 15) is 4.79 Å². The Labute approximate surface area is 195 Å². The minimum atomic E-state index is -0.193. The SMILES string of the molecule is COc1cc(OC)cc(C(CC(=O)NCCN2CCCCC2)c2cnc3cc(C)ccn23)c1. The molecule has 0 radical (unpaired) electrons. The van der Waals surface area contributed by atoms with E-state index in [4.69, 9.17) is 9.47 Å². The van der Waals surface area contributed by atoms with Crippen LogP contribution in [0.2, 0.25) is 0 Å². The van der Waals surface area contributed by atoms with Gasteiger partial charge in [-0.3, -0.25) is 4.79 Å². The van der Waals surface area contributed by atoms with Crippen LogP contribution in [0.25, 0.3) is 5.65 Å². The van der Waals surface area contributed by atoms with E-state index in [0.717, 1.165) is 42.1 Å². The summed E-state index contributed by atoms with van der Waals surface area (Å²) in [4.78, 5) is 20.1. The minimum Gasteiger partial charge on any atom is -0.497 e. The number of nitrogens with one attached hydrogen (secondary N) is 1. The molecule has 0 spiro atoms. The first kappa shape index (κ1) is 23.1. The second-order valence-electron chi connectivity index (χ2n) is 8.77. The number of aromatic nitrogens is 2. The van der Waals surface area contributed by atoms with Crippen molar-refractivity contribution < 1.29 is 14.3 Å². The molecule has 1 aromatic carbocycles. The molecule has 0 bridgehead atoms. The van der Waals surface area contributed by atoms with Gasteiger partial charge < -0.3 is 24.1 Å². The number of pyridine rings is 1. The van der Waals surface area contributed by atoms with Crippen molar-refractivity contribution in [2.75, 3.05) is 40.4 Å². The average molecular weight is 451 g/mol. The van der Waals surface area contributed by atoms with Crippen LogP contribution in [0.1, 0.15) is 48.4 Å². The van der Waals surface area contributed by atoms with Gasteiger partial charge in [0.05, 0.1) is 19.9 Å². The van der Waals surface area contributed by atoms with Crippen molar-refractivity contribution in [1.29, 1.82) is 0 Å². The summed E-state index contributed by atoms with van der Waals surface area (Å²) < 4.78 is 13.1. The molecule has 0 saturated carbocycles. The zero-order chi connectivity index (χ0) is 23.2. The van der Waals surface area contributed by atoms with Gasteiger partial charge in [-0.15, -0.1) is 0 Å². The van der Waals surface area contributed by atoms with Gasteiger partial charge in [0.1, 0.15) is 17.1 Å². The van der Waals surface area contributed by atoms with Gasteiger partial charge in [-0.1, -0.05) is 6.42 Å². The number of aryl methyl sites for hydroxylation is 1. The topological polar surface area (TPSA) is 68.1 Å². The Bertz CT molecular complexity index is 1070. The van der Waals surface area contributed by atoms with Crippen molar-refractivity contribution in [2.24, 2.45) is 0 Å². The van der Waals surface area contributed by atoms with E-state index in [1.807, 2.05) is 36.7 Å². The Morgan fingerprint density at radius 3 is 2.52 bits per heavy atom. The number of piperidine rings is 1. The highest BCUT2D eigenvalue weighted by Gasteiger charge is 2.23. The summed E-state index contributed by atoms with van der Waals surface area (Å²) in [5, 5.41) is 3.13. The van der Waals surface area contributed by atoms with Crippen molar-refractivity contribution in [2.45, 2.75) is 38.5 Å². The number of rotatable bonds is 9. The third kappa shape index (κ3) is 5.66. The maximum atomic E-state index is 13.0. The minimum absolute atomic E-state index is 0.0286. The van der Waals surface area contributed by atoms with Gasteiger partial charge in [0, 0.05) is 43.9 Å². The van der Waals surface area contributed by atoms with E-state index in [1.54, 1.807) is 14.2 Å². The number of carbonyl (C=O) groups is 1. The Kier molecular flexibility index (Phi) is 7.50. The lowest BCUT2D eigenvalue weighted by molar-refractivity contribution is -0.121. The van der Waals surface area contributed by atoms with Crippen LogP contribution in [-0.4, -0.2) is 60.6 Å². The standard InChI is InChI=1S/C26H34N4O3/c1-19-7-11-30-24(18-28-25(30)13-19)23(20-14-21(32-2)16-22(15-20)33-3)17-26(31)27-8-12-29-9-5-4-6-10-29/h7,11,13-16,18,23H,4-6,8-10,12,17H2,1-3H3,(H,27,31). The number of ether oxygens (including phenoxy) is 2. The maximum absolute atomic E-state index is 13.0. The highest BCUT2D eigenvalue weighted by molar-refractivity contribution is 5.77. The van der Waals surface area contributed by atoms with E-state index in [-0.39, 0.29) is 11.8 Å².